The molecule has 0 unspecified atom stereocenters. The lowest BCUT2D eigenvalue weighted by atomic mass is 10.0. The highest BCUT2D eigenvalue weighted by Crippen LogP contribution is 2.35. The summed E-state index contributed by atoms with van der Waals surface area (Å²) >= 11 is 5.80. The molecular weight excluding hydrogens is 361 g/mol. The summed E-state index contributed by atoms with van der Waals surface area (Å²) in [6.07, 6.45) is 3.57. The van der Waals surface area contributed by atoms with Gasteiger partial charge in [-0.15, -0.1) is 0 Å². The van der Waals surface area contributed by atoms with Crippen molar-refractivity contribution in [3.05, 3.63) is 64.4 Å². The minimum atomic E-state index is -3.75. The number of hydrogen-bond donors (Lipinski definition) is 0. The molecule has 0 aromatic heterocycles. The monoisotopic (exact) mass is 381 g/mol. The van der Waals surface area contributed by atoms with Crippen LogP contribution in [0.15, 0.2) is 47.4 Å². The van der Waals surface area contributed by atoms with Crippen molar-refractivity contribution in [1.29, 1.82) is 0 Å². The van der Waals surface area contributed by atoms with Gasteiger partial charge in [0.1, 0.15) is 5.82 Å². The van der Waals surface area contributed by atoms with Crippen molar-refractivity contribution in [2.45, 2.75) is 43.5 Å². The average molecular weight is 382 g/mol. The van der Waals surface area contributed by atoms with Crippen molar-refractivity contribution in [3.63, 3.8) is 0 Å². The Hall–Kier alpha value is -1.43. The molecule has 25 heavy (non-hydrogen) atoms. The molecule has 1 aliphatic heterocycles. The van der Waals surface area contributed by atoms with Gasteiger partial charge in [0, 0.05) is 6.54 Å². The van der Waals surface area contributed by atoms with Crippen LogP contribution in [0.3, 0.4) is 0 Å². The largest absolute Gasteiger partial charge is 0.243 e. The van der Waals surface area contributed by atoms with Crippen molar-refractivity contribution in [2.24, 2.45) is 0 Å². The minimum absolute atomic E-state index is 0.0397. The first-order valence-electron chi connectivity index (χ1n) is 8.43. The summed E-state index contributed by atoms with van der Waals surface area (Å²) in [5, 5.41) is -0.178. The van der Waals surface area contributed by atoms with E-state index in [1.807, 2.05) is 31.2 Å². The van der Waals surface area contributed by atoms with Crippen LogP contribution in [0.1, 0.15) is 42.9 Å². The van der Waals surface area contributed by atoms with E-state index in [-0.39, 0.29) is 16.0 Å². The molecule has 0 amide bonds. The van der Waals surface area contributed by atoms with Gasteiger partial charge in [0.05, 0.1) is 16.0 Å². The SMILES string of the molecule is Cc1ccc([C@H]2CCCCCN2S(=O)(=O)c2ccc(F)c(Cl)c2)cc1. The lowest BCUT2D eigenvalue weighted by Gasteiger charge is -2.29. The fourth-order valence-electron chi connectivity index (χ4n) is 3.26. The van der Waals surface area contributed by atoms with E-state index >= 15 is 0 Å². The number of aryl methyl sites for hydroxylation is 1. The average Bonchev–Trinajstić information content (AvgIpc) is 2.84. The lowest BCUT2D eigenvalue weighted by molar-refractivity contribution is 0.329. The van der Waals surface area contributed by atoms with Crippen molar-refractivity contribution in [1.82, 2.24) is 4.31 Å². The van der Waals surface area contributed by atoms with Crippen LogP contribution in [-0.4, -0.2) is 19.3 Å². The number of rotatable bonds is 3. The molecule has 3 nitrogen and oxygen atoms in total. The Bertz CT molecular complexity index is 852. The van der Waals surface area contributed by atoms with E-state index in [1.54, 1.807) is 4.31 Å². The van der Waals surface area contributed by atoms with Gasteiger partial charge in [0.15, 0.2) is 0 Å². The summed E-state index contributed by atoms with van der Waals surface area (Å²) in [6.45, 7) is 2.46. The Labute approximate surface area is 153 Å². The Balaban J connectivity index is 2.02. The Morgan fingerprint density at radius 2 is 1.80 bits per heavy atom. The van der Waals surface area contributed by atoms with Crippen LogP contribution >= 0.6 is 11.6 Å². The molecule has 2 aromatic carbocycles. The minimum Gasteiger partial charge on any atom is -0.207 e. The van der Waals surface area contributed by atoms with Crippen LogP contribution in [-0.2, 0) is 10.0 Å². The van der Waals surface area contributed by atoms with Gasteiger partial charge < -0.3 is 0 Å². The van der Waals surface area contributed by atoms with Crippen LogP contribution in [0.5, 0.6) is 0 Å². The van der Waals surface area contributed by atoms with E-state index in [2.05, 4.69) is 0 Å². The molecule has 0 aliphatic carbocycles. The zero-order valence-corrected chi connectivity index (χ0v) is 15.7. The molecule has 1 heterocycles. The summed E-state index contributed by atoms with van der Waals surface area (Å²) in [5.41, 5.74) is 2.13. The highest BCUT2D eigenvalue weighted by atomic mass is 35.5. The second-order valence-corrected chi connectivity index (χ2v) is 8.77. The highest BCUT2D eigenvalue weighted by molar-refractivity contribution is 7.89. The van der Waals surface area contributed by atoms with Crippen molar-refractivity contribution in [2.75, 3.05) is 6.54 Å². The number of halogens is 2. The number of hydrogen-bond acceptors (Lipinski definition) is 2. The molecule has 0 saturated carbocycles. The van der Waals surface area contributed by atoms with E-state index < -0.39 is 15.8 Å². The van der Waals surface area contributed by atoms with Crippen LogP contribution in [0, 0.1) is 12.7 Å². The molecule has 0 radical (unpaired) electrons. The standard InChI is InChI=1S/C19H21ClFNO2S/c1-14-6-8-15(9-7-14)19-5-3-2-4-12-22(19)25(23,24)16-10-11-18(21)17(20)13-16/h6-11,13,19H,2-5,12H2,1H3/t19-/m1/s1. The second-order valence-electron chi connectivity index (χ2n) is 6.47. The third-order valence-corrected chi connectivity index (χ3v) is 6.86. The van der Waals surface area contributed by atoms with Crippen LogP contribution in [0.4, 0.5) is 4.39 Å². The van der Waals surface area contributed by atoms with E-state index in [1.165, 1.54) is 12.1 Å². The maximum atomic E-state index is 13.4. The molecule has 1 saturated heterocycles. The molecule has 0 spiro atoms. The molecule has 3 rings (SSSR count). The summed E-state index contributed by atoms with van der Waals surface area (Å²) < 4.78 is 41.4. The van der Waals surface area contributed by atoms with Crippen molar-refractivity contribution in [3.8, 4) is 0 Å². The number of sulfonamides is 1. The first-order valence-corrected chi connectivity index (χ1v) is 10.2. The molecule has 0 bridgehead atoms. The summed E-state index contributed by atoms with van der Waals surface area (Å²) in [4.78, 5) is 0.0397. The van der Waals surface area contributed by atoms with E-state index in [4.69, 9.17) is 11.6 Å². The topological polar surface area (TPSA) is 37.4 Å². The molecule has 0 N–H and O–H groups in total. The van der Waals surface area contributed by atoms with Gasteiger partial charge in [0.2, 0.25) is 10.0 Å². The fourth-order valence-corrected chi connectivity index (χ4v) is 5.22. The van der Waals surface area contributed by atoms with E-state index in [9.17, 15) is 12.8 Å². The lowest BCUT2D eigenvalue weighted by Crippen LogP contribution is -2.34. The van der Waals surface area contributed by atoms with Gasteiger partial charge in [0.25, 0.3) is 0 Å². The van der Waals surface area contributed by atoms with Crippen LogP contribution in [0.2, 0.25) is 5.02 Å². The zero-order valence-electron chi connectivity index (χ0n) is 14.1. The van der Waals surface area contributed by atoms with Crippen molar-refractivity contribution < 1.29 is 12.8 Å². The van der Waals surface area contributed by atoms with Gasteiger partial charge in [-0.3, -0.25) is 0 Å². The van der Waals surface area contributed by atoms with Crippen molar-refractivity contribution >= 4 is 21.6 Å². The van der Waals surface area contributed by atoms with Gasteiger partial charge in [-0.1, -0.05) is 54.3 Å². The third kappa shape index (κ3) is 3.89. The molecular formula is C19H21ClFNO2S. The summed E-state index contributed by atoms with van der Waals surface area (Å²) in [7, 11) is -3.75. The quantitative estimate of drug-likeness (QED) is 0.742. The van der Waals surface area contributed by atoms with Gasteiger partial charge in [-0.25, -0.2) is 12.8 Å². The summed E-state index contributed by atoms with van der Waals surface area (Å²) in [6, 6.07) is 11.4. The third-order valence-electron chi connectivity index (χ3n) is 4.66. The van der Waals surface area contributed by atoms with E-state index in [0.717, 1.165) is 42.9 Å². The van der Waals surface area contributed by atoms with Crippen LogP contribution < -0.4 is 0 Å². The predicted molar refractivity (Wildman–Crippen MR) is 97.7 cm³/mol. The smallest absolute Gasteiger partial charge is 0.207 e. The number of nitrogens with zero attached hydrogens (tertiary/aromatic N) is 1. The fraction of sp³-hybridized carbons (Fsp3) is 0.368. The Morgan fingerprint density at radius 1 is 1.08 bits per heavy atom. The molecule has 1 aliphatic rings. The normalized spacial score (nSPS) is 19.6. The first kappa shape index (κ1) is 18.4. The maximum absolute atomic E-state index is 13.4. The Morgan fingerprint density at radius 3 is 2.48 bits per heavy atom. The predicted octanol–water partition coefficient (Wildman–Crippen LogP) is 5.09. The first-order chi connectivity index (χ1) is 11.9. The van der Waals surface area contributed by atoms with Crippen LogP contribution in [0.25, 0.3) is 0 Å². The second kappa shape index (κ2) is 7.44. The Kier molecular flexibility index (Phi) is 5.46. The molecule has 1 fully saturated rings. The highest BCUT2D eigenvalue weighted by Gasteiger charge is 2.33. The summed E-state index contributed by atoms with van der Waals surface area (Å²) in [5.74, 6) is -0.619. The molecule has 2 aromatic rings. The van der Waals surface area contributed by atoms with Gasteiger partial charge in [-0.05, 0) is 43.5 Å². The van der Waals surface area contributed by atoms with Gasteiger partial charge in [-0.2, -0.15) is 4.31 Å². The molecule has 134 valence electrons. The molecule has 1 atom stereocenters. The zero-order chi connectivity index (χ0) is 18.0. The maximum Gasteiger partial charge on any atom is 0.243 e. The molecule has 6 heteroatoms. The number of benzene rings is 2. The van der Waals surface area contributed by atoms with Gasteiger partial charge >= 0.3 is 0 Å². The van der Waals surface area contributed by atoms with E-state index in [0.29, 0.717) is 6.54 Å².